The first-order valence-corrected chi connectivity index (χ1v) is 6.40. The highest BCUT2D eigenvalue weighted by molar-refractivity contribution is 4.97. The highest BCUT2D eigenvalue weighted by Crippen LogP contribution is 2.22. The molecule has 0 spiro atoms. The maximum Gasteiger partial charge on any atom is 0.226 e. The average molecular weight is 239 g/mol. The van der Waals surface area contributed by atoms with Gasteiger partial charge >= 0.3 is 0 Å². The molecule has 0 aromatic carbocycles. The third-order valence-electron chi connectivity index (χ3n) is 3.29. The van der Waals surface area contributed by atoms with Gasteiger partial charge in [-0.3, -0.25) is 0 Å². The first kappa shape index (κ1) is 12.5. The molecule has 96 valence electrons. The van der Waals surface area contributed by atoms with E-state index in [0.717, 1.165) is 57.2 Å². The normalized spacial score (nSPS) is 21.9. The summed E-state index contributed by atoms with van der Waals surface area (Å²) in [6.07, 6.45) is 3.96. The Labute approximate surface area is 102 Å². The molecular weight excluding hydrogens is 218 g/mol. The lowest BCUT2D eigenvalue weighted by molar-refractivity contribution is 0.192. The number of rotatable bonds is 6. The average Bonchev–Trinajstić information content (AvgIpc) is 2.97. The van der Waals surface area contributed by atoms with Crippen molar-refractivity contribution in [3.8, 4) is 0 Å². The molecule has 5 heteroatoms. The molecule has 5 nitrogen and oxygen atoms in total. The molecule has 2 rings (SSSR count). The van der Waals surface area contributed by atoms with Gasteiger partial charge in [-0.2, -0.15) is 4.98 Å². The molecule has 17 heavy (non-hydrogen) atoms. The molecule has 0 saturated carbocycles. The molecule has 1 aliphatic heterocycles. The van der Waals surface area contributed by atoms with Crippen molar-refractivity contribution in [2.75, 3.05) is 19.8 Å². The summed E-state index contributed by atoms with van der Waals surface area (Å²) in [6, 6.07) is 0. The second-order valence-electron chi connectivity index (χ2n) is 4.83. The first-order valence-electron chi connectivity index (χ1n) is 6.40. The van der Waals surface area contributed by atoms with Gasteiger partial charge in [-0.25, -0.2) is 0 Å². The Morgan fingerprint density at radius 1 is 1.47 bits per heavy atom. The third-order valence-corrected chi connectivity index (χ3v) is 3.29. The van der Waals surface area contributed by atoms with Crippen LogP contribution in [0.3, 0.4) is 0 Å². The predicted molar refractivity (Wildman–Crippen MR) is 63.6 cm³/mol. The molecule has 0 amide bonds. The molecule has 2 heterocycles. The zero-order valence-corrected chi connectivity index (χ0v) is 10.4. The zero-order chi connectivity index (χ0) is 12.1. The topological polar surface area (TPSA) is 74.2 Å². The molecule has 1 aromatic heterocycles. The van der Waals surface area contributed by atoms with Crippen LogP contribution in [-0.2, 0) is 11.2 Å². The van der Waals surface area contributed by atoms with E-state index in [1.807, 2.05) is 0 Å². The van der Waals surface area contributed by atoms with Gasteiger partial charge in [0.05, 0.1) is 6.61 Å². The van der Waals surface area contributed by atoms with E-state index in [9.17, 15) is 0 Å². The molecule has 2 atom stereocenters. The summed E-state index contributed by atoms with van der Waals surface area (Å²) < 4.78 is 10.6. The van der Waals surface area contributed by atoms with Gasteiger partial charge in [0, 0.05) is 18.9 Å². The van der Waals surface area contributed by atoms with Crippen LogP contribution in [0.1, 0.15) is 43.8 Å². The highest BCUT2D eigenvalue weighted by Gasteiger charge is 2.23. The molecule has 1 fully saturated rings. The molecule has 1 saturated heterocycles. The minimum atomic E-state index is 0.328. The molecule has 1 aromatic rings. The second-order valence-corrected chi connectivity index (χ2v) is 4.83. The number of hydrogen-bond donors (Lipinski definition) is 1. The van der Waals surface area contributed by atoms with Crippen LogP contribution in [0.5, 0.6) is 0 Å². The second kappa shape index (κ2) is 6.12. The summed E-state index contributed by atoms with van der Waals surface area (Å²) >= 11 is 0. The van der Waals surface area contributed by atoms with Crippen molar-refractivity contribution < 1.29 is 9.26 Å². The Bertz CT molecular complexity index is 334. The van der Waals surface area contributed by atoms with Crippen molar-refractivity contribution in [2.45, 2.75) is 38.5 Å². The number of aromatic nitrogens is 2. The van der Waals surface area contributed by atoms with Crippen molar-refractivity contribution in [3.63, 3.8) is 0 Å². The fraction of sp³-hybridized carbons (Fsp3) is 0.833. The smallest absolute Gasteiger partial charge is 0.226 e. The quantitative estimate of drug-likeness (QED) is 0.814. The van der Waals surface area contributed by atoms with Gasteiger partial charge in [-0.15, -0.1) is 0 Å². The van der Waals surface area contributed by atoms with Crippen LogP contribution in [0.4, 0.5) is 0 Å². The van der Waals surface area contributed by atoms with Crippen LogP contribution in [0.2, 0.25) is 0 Å². The molecule has 0 bridgehead atoms. The minimum absolute atomic E-state index is 0.328. The van der Waals surface area contributed by atoms with E-state index in [2.05, 4.69) is 17.1 Å². The lowest BCUT2D eigenvalue weighted by atomic mass is 10.0. The molecular formula is C12H21N3O2. The van der Waals surface area contributed by atoms with Gasteiger partial charge in [-0.1, -0.05) is 12.1 Å². The van der Waals surface area contributed by atoms with Gasteiger partial charge in [-0.05, 0) is 31.7 Å². The van der Waals surface area contributed by atoms with Crippen molar-refractivity contribution in [1.29, 1.82) is 0 Å². The molecule has 1 aliphatic rings. The molecule has 0 radical (unpaired) electrons. The Morgan fingerprint density at radius 3 is 3.06 bits per heavy atom. The van der Waals surface area contributed by atoms with Gasteiger partial charge < -0.3 is 15.0 Å². The monoisotopic (exact) mass is 239 g/mol. The summed E-state index contributed by atoms with van der Waals surface area (Å²) in [5.41, 5.74) is 5.52. The van der Waals surface area contributed by atoms with Crippen LogP contribution in [0.15, 0.2) is 4.52 Å². The first-order chi connectivity index (χ1) is 8.29. The van der Waals surface area contributed by atoms with E-state index >= 15 is 0 Å². The summed E-state index contributed by atoms with van der Waals surface area (Å²) in [5.74, 6) is 2.50. The van der Waals surface area contributed by atoms with E-state index in [-0.39, 0.29) is 0 Å². The van der Waals surface area contributed by atoms with Crippen LogP contribution in [-0.4, -0.2) is 29.9 Å². The summed E-state index contributed by atoms with van der Waals surface area (Å²) in [4.78, 5) is 4.44. The van der Waals surface area contributed by atoms with Crippen molar-refractivity contribution in [2.24, 2.45) is 11.7 Å². The molecule has 0 aliphatic carbocycles. The Hall–Kier alpha value is -0.940. The maximum absolute atomic E-state index is 5.52. The van der Waals surface area contributed by atoms with Crippen LogP contribution in [0.25, 0.3) is 0 Å². The van der Waals surface area contributed by atoms with E-state index in [1.165, 1.54) is 0 Å². The third kappa shape index (κ3) is 3.51. The summed E-state index contributed by atoms with van der Waals surface area (Å²) in [6.45, 7) is 4.48. The number of hydrogen-bond acceptors (Lipinski definition) is 5. The number of nitrogens with zero attached hydrogens (tertiary/aromatic N) is 2. The number of aryl methyl sites for hydroxylation is 1. The standard InChI is InChI=1S/C12H21N3O2/c1-9(4-6-13)2-3-11-14-12(15-17-11)10-5-7-16-8-10/h9-10H,2-8,13H2,1H3. The van der Waals surface area contributed by atoms with Crippen molar-refractivity contribution in [1.82, 2.24) is 10.1 Å². The van der Waals surface area contributed by atoms with E-state index < -0.39 is 0 Å². The fourth-order valence-corrected chi connectivity index (χ4v) is 2.07. The number of ether oxygens (including phenoxy) is 1. The Balaban J connectivity index is 1.81. The van der Waals surface area contributed by atoms with Crippen LogP contribution >= 0.6 is 0 Å². The van der Waals surface area contributed by atoms with Crippen molar-refractivity contribution >= 4 is 0 Å². The molecule has 2 unspecified atom stereocenters. The maximum atomic E-state index is 5.52. The lowest BCUT2D eigenvalue weighted by Gasteiger charge is -2.06. The molecule has 2 N–H and O–H groups in total. The van der Waals surface area contributed by atoms with E-state index in [1.54, 1.807) is 0 Å². The zero-order valence-electron chi connectivity index (χ0n) is 10.4. The van der Waals surface area contributed by atoms with E-state index in [0.29, 0.717) is 11.8 Å². The lowest BCUT2D eigenvalue weighted by Crippen LogP contribution is -2.06. The van der Waals surface area contributed by atoms with Crippen LogP contribution in [0, 0.1) is 5.92 Å². The van der Waals surface area contributed by atoms with Gasteiger partial charge in [0.2, 0.25) is 5.89 Å². The highest BCUT2D eigenvalue weighted by atomic mass is 16.5. The SMILES string of the molecule is CC(CCN)CCc1nc(C2CCOC2)no1. The predicted octanol–water partition coefficient (Wildman–Crippen LogP) is 1.49. The minimum Gasteiger partial charge on any atom is -0.381 e. The van der Waals surface area contributed by atoms with E-state index in [4.69, 9.17) is 15.0 Å². The summed E-state index contributed by atoms with van der Waals surface area (Å²) in [7, 11) is 0. The van der Waals surface area contributed by atoms with Gasteiger partial charge in [0.1, 0.15) is 0 Å². The van der Waals surface area contributed by atoms with Crippen molar-refractivity contribution in [3.05, 3.63) is 11.7 Å². The largest absolute Gasteiger partial charge is 0.381 e. The van der Waals surface area contributed by atoms with Gasteiger partial charge in [0.25, 0.3) is 0 Å². The van der Waals surface area contributed by atoms with Crippen LogP contribution < -0.4 is 5.73 Å². The van der Waals surface area contributed by atoms with Gasteiger partial charge in [0.15, 0.2) is 5.82 Å². The number of nitrogens with two attached hydrogens (primary N) is 1. The summed E-state index contributed by atoms with van der Waals surface area (Å²) in [5, 5.41) is 4.03. The Kier molecular flexibility index (Phi) is 4.50. The Morgan fingerprint density at radius 2 is 2.35 bits per heavy atom. The fourth-order valence-electron chi connectivity index (χ4n) is 2.07.